The lowest BCUT2D eigenvalue weighted by molar-refractivity contribution is -0.00890. The van der Waals surface area contributed by atoms with E-state index in [1.807, 2.05) is 0 Å². The number of aryl methyl sites for hydroxylation is 1. The van der Waals surface area contributed by atoms with Gasteiger partial charge in [0.1, 0.15) is 0 Å². The number of hydrogen-bond acceptors (Lipinski definition) is 2. The molecule has 114 valence electrons. The van der Waals surface area contributed by atoms with E-state index in [2.05, 4.69) is 42.1 Å². The van der Waals surface area contributed by atoms with E-state index >= 15 is 0 Å². The van der Waals surface area contributed by atoms with Crippen LogP contribution in [0.2, 0.25) is 0 Å². The first-order valence-corrected chi connectivity index (χ1v) is 8.24. The Morgan fingerprint density at radius 3 is 2.75 bits per heavy atom. The predicted octanol–water partition coefficient (Wildman–Crippen LogP) is 3.32. The zero-order valence-electron chi connectivity index (χ0n) is 13.1. The smallest absolute Gasteiger partial charge is 0.0771 e. The fourth-order valence-corrected chi connectivity index (χ4v) is 3.29. The van der Waals surface area contributed by atoms with Gasteiger partial charge in [-0.15, -0.1) is 0 Å². The predicted molar refractivity (Wildman–Crippen MR) is 83.6 cm³/mol. The molecule has 1 aliphatic rings. The van der Waals surface area contributed by atoms with Crippen molar-refractivity contribution in [2.45, 2.75) is 71.1 Å². The Labute approximate surface area is 123 Å². The van der Waals surface area contributed by atoms with Crippen molar-refractivity contribution in [1.82, 2.24) is 9.88 Å². The van der Waals surface area contributed by atoms with Crippen LogP contribution in [0.5, 0.6) is 0 Å². The molecule has 0 aliphatic heterocycles. The number of hydrogen-bond donors (Lipinski definition) is 2. The summed E-state index contributed by atoms with van der Waals surface area (Å²) < 4.78 is 2.30. The SMILES string of the molecule is CCCn1cccc1CNCC1(O)CCC(CC)CC1. The Morgan fingerprint density at radius 1 is 1.35 bits per heavy atom. The van der Waals surface area contributed by atoms with E-state index in [-0.39, 0.29) is 0 Å². The van der Waals surface area contributed by atoms with Crippen LogP contribution in [0, 0.1) is 5.92 Å². The largest absolute Gasteiger partial charge is 0.389 e. The highest BCUT2D eigenvalue weighted by Crippen LogP contribution is 2.33. The zero-order valence-corrected chi connectivity index (χ0v) is 13.1. The number of aliphatic hydroxyl groups is 1. The van der Waals surface area contributed by atoms with E-state index in [1.165, 1.54) is 25.0 Å². The van der Waals surface area contributed by atoms with E-state index in [1.54, 1.807) is 0 Å². The first kappa shape index (κ1) is 15.6. The second kappa shape index (κ2) is 7.28. The van der Waals surface area contributed by atoms with Gasteiger partial charge < -0.3 is 15.0 Å². The van der Waals surface area contributed by atoms with Crippen LogP contribution < -0.4 is 5.32 Å². The van der Waals surface area contributed by atoms with Gasteiger partial charge in [-0.3, -0.25) is 0 Å². The van der Waals surface area contributed by atoms with Crippen molar-refractivity contribution in [1.29, 1.82) is 0 Å². The average Bonchev–Trinajstić information content (AvgIpc) is 2.88. The molecule has 1 fully saturated rings. The zero-order chi connectivity index (χ0) is 14.4. The highest BCUT2D eigenvalue weighted by atomic mass is 16.3. The van der Waals surface area contributed by atoms with Crippen LogP contribution in [0.3, 0.4) is 0 Å². The summed E-state index contributed by atoms with van der Waals surface area (Å²) in [4.78, 5) is 0. The Kier molecular flexibility index (Phi) is 5.67. The first-order valence-electron chi connectivity index (χ1n) is 8.24. The fourth-order valence-electron chi connectivity index (χ4n) is 3.29. The van der Waals surface area contributed by atoms with Gasteiger partial charge in [0.15, 0.2) is 0 Å². The van der Waals surface area contributed by atoms with Crippen molar-refractivity contribution in [3.63, 3.8) is 0 Å². The molecule has 1 aromatic heterocycles. The normalized spacial score (nSPS) is 26.9. The minimum absolute atomic E-state index is 0.478. The van der Waals surface area contributed by atoms with Gasteiger partial charge in [0.05, 0.1) is 5.60 Å². The minimum Gasteiger partial charge on any atom is -0.389 e. The first-order chi connectivity index (χ1) is 9.67. The minimum atomic E-state index is -0.478. The molecule has 3 heteroatoms. The average molecular weight is 278 g/mol. The molecular weight excluding hydrogens is 248 g/mol. The van der Waals surface area contributed by atoms with Gasteiger partial charge in [-0.2, -0.15) is 0 Å². The molecule has 0 atom stereocenters. The maximum Gasteiger partial charge on any atom is 0.0771 e. The van der Waals surface area contributed by atoms with Crippen LogP contribution in [0.15, 0.2) is 18.3 Å². The van der Waals surface area contributed by atoms with Gasteiger partial charge >= 0.3 is 0 Å². The van der Waals surface area contributed by atoms with Gasteiger partial charge in [0.2, 0.25) is 0 Å². The third kappa shape index (κ3) is 4.10. The molecular formula is C17H30N2O. The Morgan fingerprint density at radius 2 is 2.10 bits per heavy atom. The second-order valence-corrected chi connectivity index (χ2v) is 6.37. The number of nitrogens with zero attached hydrogens (tertiary/aromatic N) is 1. The lowest BCUT2D eigenvalue weighted by atomic mass is 9.78. The Balaban J connectivity index is 1.76. The number of nitrogens with one attached hydrogen (secondary N) is 1. The van der Waals surface area contributed by atoms with E-state index in [0.717, 1.165) is 44.8 Å². The quantitative estimate of drug-likeness (QED) is 0.803. The highest BCUT2D eigenvalue weighted by Gasteiger charge is 2.32. The molecule has 2 N–H and O–H groups in total. The summed E-state index contributed by atoms with van der Waals surface area (Å²) in [5.41, 5.74) is 0.839. The number of aromatic nitrogens is 1. The molecule has 1 saturated carbocycles. The molecule has 0 amide bonds. The Bertz CT molecular complexity index is 391. The molecule has 0 spiro atoms. The molecule has 1 heterocycles. The van der Waals surface area contributed by atoms with Crippen molar-refractivity contribution >= 4 is 0 Å². The van der Waals surface area contributed by atoms with Crippen LogP contribution in [0.4, 0.5) is 0 Å². The molecule has 0 bridgehead atoms. The van der Waals surface area contributed by atoms with E-state index in [9.17, 15) is 5.11 Å². The van der Waals surface area contributed by atoms with Gasteiger partial charge in [-0.25, -0.2) is 0 Å². The van der Waals surface area contributed by atoms with Crippen molar-refractivity contribution < 1.29 is 5.11 Å². The van der Waals surface area contributed by atoms with Crippen LogP contribution in [0.1, 0.15) is 58.1 Å². The molecule has 0 unspecified atom stereocenters. The lowest BCUT2D eigenvalue weighted by Gasteiger charge is -2.36. The molecule has 3 nitrogen and oxygen atoms in total. The summed E-state index contributed by atoms with van der Waals surface area (Å²) in [6.07, 6.45) is 8.82. The van der Waals surface area contributed by atoms with Gasteiger partial charge in [0, 0.05) is 31.5 Å². The van der Waals surface area contributed by atoms with Crippen LogP contribution in [0.25, 0.3) is 0 Å². The van der Waals surface area contributed by atoms with Crippen LogP contribution in [-0.2, 0) is 13.1 Å². The van der Waals surface area contributed by atoms with Gasteiger partial charge in [0.25, 0.3) is 0 Å². The Hall–Kier alpha value is -0.800. The van der Waals surface area contributed by atoms with Crippen molar-refractivity contribution in [2.75, 3.05) is 6.54 Å². The van der Waals surface area contributed by atoms with Crippen molar-refractivity contribution in [3.8, 4) is 0 Å². The summed E-state index contributed by atoms with van der Waals surface area (Å²) in [5.74, 6) is 0.831. The molecule has 1 aliphatic carbocycles. The van der Waals surface area contributed by atoms with E-state index in [0.29, 0.717) is 0 Å². The molecule has 20 heavy (non-hydrogen) atoms. The molecule has 0 saturated heterocycles. The van der Waals surface area contributed by atoms with Crippen molar-refractivity contribution in [3.05, 3.63) is 24.0 Å². The monoisotopic (exact) mass is 278 g/mol. The summed E-state index contributed by atoms with van der Waals surface area (Å²) in [7, 11) is 0. The number of rotatable bonds is 7. The summed E-state index contributed by atoms with van der Waals surface area (Å²) in [5, 5.41) is 14.1. The molecule has 0 aromatic carbocycles. The summed E-state index contributed by atoms with van der Waals surface area (Å²) in [6, 6.07) is 4.27. The lowest BCUT2D eigenvalue weighted by Crippen LogP contribution is -2.43. The van der Waals surface area contributed by atoms with Crippen LogP contribution in [-0.4, -0.2) is 21.8 Å². The van der Waals surface area contributed by atoms with Crippen molar-refractivity contribution in [2.24, 2.45) is 5.92 Å². The third-order valence-corrected chi connectivity index (χ3v) is 4.76. The fraction of sp³-hybridized carbons (Fsp3) is 0.765. The molecule has 2 rings (SSSR count). The highest BCUT2D eigenvalue weighted by molar-refractivity contribution is 5.07. The van der Waals surface area contributed by atoms with E-state index in [4.69, 9.17) is 0 Å². The third-order valence-electron chi connectivity index (χ3n) is 4.76. The molecule has 1 aromatic rings. The molecule has 0 radical (unpaired) electrons. The maximum absolute atomic E-state index is 10.6. The van der Waals surface area contributed by atoms with Crippen LogP contribution >= 0.6 is 0 Å². The van der Waals surface area contributed by atoms with Gasteiger partial charge in [-0.05, 0) is 50.2 Å². The summed E-state index contributed by atoms with van der Waals surface area (Å²) in [6.45, 7) is 7.11. The second-order valence-electron chi connectivity index (χ2n) is 6.37. The summed E-state index contributed by atoms with van der Waals surface area (Å²) >= 11 is 0. The maximum atomic E-state index is 10.6. The topological polar surface area (TPSA) is 37.2 Å². The van der Waals surface area contributed by atoms with E-state index < -0.39 is 5.60 Å². The van der Waals surface area contributed by atoms with Gasteiger partial charge in [-0.1, -0.05) is 20.3 Å². The standard InChI is InChI=1S/C17H30N2O/c1-3-11-19-12-5-6-16(19)13-18-14-17(20)9-7-15(4-2)8-10-17/h5-6,12,15,18,20H,3-4,7-11,13-14H2,1-2H3.